The number of amides is 1. The molecule has 1 amide bonds. The Bertz CT molecular complexity index is 771. The number of hydrogen-bond acceptors (Lipinski definition) is 3. The van der Waals surface area contributed by atoms with Crippen molar-refractivity contribution in [1.82, 2.24) is 10.2 Å². The molecular formula is C22H26N2O2S. The normalized spacial score (nSPS) is 14.6. The fourth-order valence-corrected chi connectivity index (χ4v) is 3.43. The van der Waals surface area contributed by atoms with Gasteiger partial charge in [-0.3, -0.25) is 10.1 Å². The number of nitrogens with zero attached hydrogens (tertiary/aromatic N) is 1. The smallest absolute Gasteiger partial charge is 0.261 e. The van der Waals surface area contributed by atoms with E-state index >= 15 is 0 Å². The molecule has 1 N–H and O–H groups in total. The lowest BCUT2D eigenvalue weighted by Gasteiger charge is -2.32. The van der Waals surface area contributed by atoms with Gasteiger partial charge in [0.2, 0.25) is 0 Å². The fourth-order valence-electron chi connectivity index (χ4n) is 3.16. The molecule has 0 radical (unpaired) electrons. The van der Waals surface area contributed by atoms with Crippen molar-refractivity contribution >= 4 is 23.2 Å². The number of thiocarbonyl (C=S) groups is 1. The quantitative estimate of drug-likeness (QED) is 0.792. The van der Waals surface area contributed by atoms with Crippen molar-refractivity contribution in [3.8, 4) is 5.75 Å². The van der Waals surface area contributed by atoms with Crippen LogP contribution in [0.15, 0.2) is 54.6 Å². The molecular weight excluding hydrogens is 356 g/mol. The minimum absolute atomic E-state index is 0.214. The lowest BCUT2D eigenvalue weighted by atomic mass is 10.00. The van der Waals surface area contributed by atoms with Crippen LogP contribution in [0.25, 0.3) is 0 Å². The first-order chi connectivity index (χ1) is 13.1. The molecule has 0 unspecified atom stereocenters. The van der Waals surface area contributed by atoms with E-state index in [4.69, 9.17) is 17.0 Å². The predicted molar refractivity (Wildman–Crippen MR) is 112 cm³/mol. The van der Waals surface area contributed by atoms with E-state index in [1.54, 1.807) is 6.07 Å². The number of piperidine rings is 1. The third-order valence-electron chi connectivity index (χ3n) is 4.91. The van der Waals surface area contributed by atoms with Crippen molar-refractivity contribution in [3.05, 3.63) is 65.7 Å². The van der Waals surface area contributed by atoms with Crippen molar-refractivity contribution in [2.45, 2.75) is 26.2 Å². The van der Waals surface area contributed by atoms with Gasteiger partial charge in [-0.1, -0.05) is 49.4 Å². The van der Waals surface area contributed by atoms with Gasteiger partial charge >= 0.3 is 0 Å². The van der Waals surface area contributed by atoms with E-state index in [1.165, 1.54) is 5.56 Å². The van der Waals surface area contributed by atoms with Crippen molar-refractivity contribution in [1.29, 1.82) is 0 Å². The van der Waals surface area contributed by atoms with Gasteiger partial charge in [-0.2, -0.15) is 0 Å². The summed E-state index contributed by atoms with van der Waals surface area (Å²) in [5, 5.41) is 3.37. The Morgan fingerprint density at radius 3 is 2.52 bits per heavy atom. The van der Waals surface area contributed by atoms with Gasteiger partial charge < -0.3 is 9.64 Å². The van der Waals surface area contributed by atoms with Crippen LogP contribution in [0.4, 0.5) is 0 Å². The van der Waals surface area contributed by atoms with Gasteiger partial charge in [0.15, 0.2) is 5.11 Å². The molecule has 3 rings (SSSR count). The number of carbonyl (C=O) groups is 1. The first-order valence-corrected chi connectivity index (χ1v) is 9.90. The number of nitrogens with one attached hydrogen (secondary N) is 1. The summed E-state index contributed by atoms with van der Waals surface area (Å²) in [7, 11) is 0. The maximum absolute atomic E-state index is 12.7. The summed E-state index contributed by atoms with van der Waals surface area (Å²) in [5.41, 5.74) is 1.72. The summed E-state index contributed by atoms with van der Waals surface area (Å²) in [6.07, 6.45) is 3.01. The van der Waals surface area contributed by atoms with Crippen LogP contribution in [0.3, 0.4) is 0 Å². The molecule has 1 aliphatic rings. The lowest BCUT2D eigenvalue weighted by molar-refractivity contribution is 0.0968. The van der Waals surface area contributed by atoms with Crippen LogP contribution < -0.4 is 10.1 Å². The molecule has 1 heterocycles. The standard InChI is InChI=1S/C22H26N2O2S/c1-17-11-14-24(15-12-17)22(27)23-21(25)19-9-5-6-10-20(19)26-16-13-18-7-3-2-4-8-18/h2-10,17H,11-16H2,1H3,(H,23,25,27). The molecule has 2 aromatic carbocycles. The minimum Gasteiger partial charge on any atom is -0.492 e. The van der Waals surface area contributed by atoms with Crippen molar-refractivity contribution in [2.24, 2.45) is 5.92 Å². The van der Waals surface area contributed by atoms with E-state index in [1.807, 2.05) is 36.4 Å². The van der Waals surface area contributed by atoms with E-state index in [0.717, 1.165) is 38.3 Å². The van der Waals surface area contributed by atoms with Crippen LogP contribution in [0, 0.1) is 5.92 Å². The first-order valence-electron chi connectivity index (χ1n) is 9.49. The van der Waals surface area contributed by atoms with Gasteiger partial charge in [0.25, 0.3) is 5.91 Å². The highest BCUT2D eigenvalue weighted by Crippen LogP contribution is 2.19. The van der Waals surface area contributed by atoms with E-state index in [0.29, 0.717) is 23.0 Å². The zero-order valence-corrected chi connectivity index (χ0v) is 16.5. The maximum atomic E-state index is 12.7. The third kappa shape index (κ3) is 5.54. The summed E-state index contributed by atoms with van der Waals surface area (Å²) in [6.45, 7) is 4.57. The highest BCUT2D eigenvalue weighted by atomic mass is 32.1. The first kappa shape index (κ1) is 19.4. The number of para-hydroxylation sites is 1. The molecule has 0 bridgehead atoms. The average molecular weight is 383 g/mol. The molecule has 1 aliphatic heterocycles. The Labute approximate surface area is 166 Å². The Balaban J connectivity index is 1.57. The van der Waals surface area contributed by atoms with E-state index in [2.05, 4.69) is 29.3 Å². The summed E-state index contributed by atoms with van der Waals surface area (Å²) in [5.74, 6) is 1.09. The monoisotopic (exact) mass is 382 g/mol. The van der Waals surface area contributed by atoms with Gasteiger partial charge in [0.1, 0.15) is 5.75 Å². The number of rotatable bonds is 5. The molecule has 0 saturated carbocycles. The highest BCUT2D eigenvalue weighted by molar-refractivity contribution is 7.80. The zero-order chi connectivity index (χ0) is 19.1. The summed E-state index contributed by atoms with van der Waals surface area (Å²) >= 11 is 5.44. The predicted octanol–water partition coefficient (Wildman–Crippen LogP) is 4.05. The molecule has 0 aromatic heterocycles. The minimum atomic E-state index is -0.214. The highest BCUT2D eigenvalue weighted by Gasteiger charge is 2.20. The lowest BCUT2D eigenvalue weighted by Crippen LogP contribution is -2.46. The Morgan fingerprint density at radius 2 is 1.78 bits per heavy atom. The van der Waals surface area contributed by atoms with Crippen LogP contribution >= 0.6 is 12.2 Å². The van der Waals surface area contributed by atoms with Gasteiger partial charge in [-0.25, -0.2) is 0 Å². The molecule has 0 atom stereocenters. The van der Waals surface area contributed by atoms with Crippen LogP contribution in [0.5, 0.6) is 5.75 Å². The molecule has 142 valence electrons. The van der Waals surface area contributed by atoms with E-state index in [9.17, 15) is 4.79 Å². The van der Waals surface area contributed by atoms with Crippen LogP contribution in [-0.2, 0) is 6.42 Å². The SMILES string of the molecule is CC1CCN(C(=S)NC(=O)c2ccccc2OCCc2ccccc2)CC1. The second kappa shape index (κ2) is 9.51. The summed E-state index contributed by atoms with van der Waals surface area (Å²) in [6, 6.07) is 17.5. The number of ether oxygens (including phenoxy) is 1. The molecule has 1 saturated heterocycles. The number of likely N-dealkylation sites (tertiary alicyclic amines) is 1. The van der Waals surface area contributed by atoms with E-state index in [-0.39, 0.29) is 5.91 Å². The van der Waals surface area contributed by atoms with Crippen LogP contribution in [-0.4, -0.2) is 35.6 Å². The van der Waals surface area contributed by atoms with Gasteiger partial charge in [0.05, 0.1) is 12.2 Å². The Hall–Kier alpha value is -2.40. The van der Waals surface area contributed by atoms with Gasteiger partial charge in [0, 0.05) is 19.5 Å². The maximum Gasteiger partial charge on any atom is 0.261 e. The molecule has 4 nitrogen and oxygen atoms in total. The van der Waals surface area contributed by atoms with Crippen molar-refractivity contribution in [2.75, 3.05) is 19.7 Å². The molecule has 5 heteroatoms. The van der Waals surface area contributed by atoms with E-state index < -0.39 is 0 Å². The zero-order valence-electron chi connectivity index (χ0n) is 15.7. The van der Waals surface area contributed by atoms with Gasteiger partial charge in [-0.15, -0.1) is 0 Å². The number of benzene rings is 2. The second-order valence-electron chi connectivity index (χ2n) is 7.01. The molecule has 27 heavy (non-hydrogen) atoms. The molecule has 0 aliphatic carbocycles. The number of hydrogen-bond donors (Lipinski definition) is 1. The largest absolute Gasteiger partial charge is 0.492 e. The summed E-state index contributed by atoms with van der Waals surface area (Å²) < 4.78 is 5.89. The number of carbonyl (C=O) groups excluding carboxylic acids is 1. The third-order valence-corrected chi connectivity index (χ3v) is 5.27. The van der Waals surface area contributed by atoms with Crippen molar-refractivity contribution in [3.63, 3.8) is 0 Å². The van der Waals surface area contributed by atoms with Crippen molar-refractivity contribution < 1.29 is 9.53 Å². The average Bonchev–Trinajstić information content (AvgIpc) is 2.69. The molecule has 2 aromatic rings. The van der Waals surface area contributed by atoms with Crippen LogP contribution in [0.2, 0.25) is 0 Å². The second-order valence-corrected chi connectivity index (χ2v) is 7.40. The fraction of sp³-hybridized carbons (Fsp3) is 0.364. The molecule has 0 spiro atoms. The topological polar surface area (TPSA) is 41.6 Å². The Kier molecular flexibility index (Phi) is 6.82. The molecule has 1 fully saturated rings. The summed E-state index contributed by atoms with van der Waals surface area (Å²) in [4.78, 5) is 14.8. The van der Waals surface area contributed by atoms with Crippen LogP contribution in [0.1, 0.15) is 35.7 Å². The Morgan fingerprint density at radius 1 is 1.11 bits per heavy atom. The van der Waals surface area contributed by atoms with Gasteiger partial charge in [-0.05, 0) is 48.7 Å².